The number of rotatable bonds is 2. The average Bonchev–Trinajstić information content (AvgIpc) is 2.85. The number of benzene rings is 1. The van der Waals surface area contributed by atoms with E-state index in [4.69, 9.17) is 14.9 Å². The Labute approximate surface area is 106 Å². The van der Waals surface area contributed by atoms with Gasteiger partial charge in [0.05, 0.1) is 12.3 Å². The number of nitrogens with zero attached hydrogens (tertiary/aromatic N) is 1. The molecule has 18 heavy (non-hydrogen) atoms. The maximum atomic E-state index is 5.80. The van der Waals surface area contributed by atoms with E-state index >= 15 is 0 Å². The fourth-order valence-corrected chi connectivity index (χ4v) is 2.52. The average molecular weight is 244 g/mol. The second-order valence-corrected chi connectivity index (χ2v) is 4.44. The molecule has 94 valence electrons. The molecule has 4 nitrogen and oxygen atoms in total. The van der Waals surface area contributed by atoms with Crippen LogP contribution in [-0.2, 0) is 11.2 Å². The Hall–Kier alpha value is -1.65. The molecule has 0 spiro atoms. The predicted octanol–water partition coefficient (Wildman–Crippen LogP) is 2.30. The van der Waals surface area contributed by atoms with E-state index in [2.05, 4.69) is 17.1 Å². The molecule has 1 aromatic heterocycles. The van der Waals surface area contributed by atoms with Crippen molar-refractivity contribution < 1.29 is 9.15 Å². The van der Waals surface area contributed by atoms with Crippen LogP contribution in [0.15, 0.2) is 35.2 Å². The summed E-state index contributed by atoms with van der Waals surface area (Å²) in [6.45, 7) is 1.26. The molecule has 0 aliphatic carbocycles. The van der Waals surface area contributed by atoms with Gasteiger partial charge in [0.25, 0.3) is 0 Å². The predicted molar refractivity (Wildman–Crippen MR) is 68.0 cm³/mol. The molecular weight excluding hydrogens is 228 g/mol. The zero-order valence-electron chi connectivity index (χ0n) is 10.1. The summed E-state index contributed by atoms with van der Waals surface area (Å²) in [6.07, 6.45) is 5.20. The van der Waals surface area contributed by atoms with Gasteiger partial charge < -0.3 is 14.9 Å². The Balaban J connectivity index is 2.12. The lowest BCUT2D eigenvalue weighted by Gasteiger charge is -2.17. The van der Waals surface area contributed by atoms with Crippen LogP contribution in [0.3, 0.4) is 0 Å². The van der Waals surface area contributed by atoms with Gasteiger partial charge in [-0.05, 0) is 24.0 Å². The SMILES string of the molecule is NC[C@H]1OCCCc2c(-c3cnco3)cccc21. The topological polar surface area (TPSA) is 61.3 Å². The molecule has 0 saturated heterocycles. The van der Waals surface area contributed by atoms with Crippen LogP contribution in [0, 0.1) is 0 Å². The van der Waals surface area contributed by atoms with E-state index in [9.17, 15) is 0 Å². The van der Waals surface area contributed by atoms with Gasteiger partial charge in [-0.25, -0.2) is 4.98 Å². The molecule has 0 unspecified atom stereocenters. The zero-order chi connectivity index (χ0) is 12.4. The first-order valence-corrected chi connectivity index (χ1v) is 6.22. The van der Waals surface area contributed by atoms with Crippen LogP contribution in [0.4, 0.5) is 0 Å². The third-order valence-corrected chi connectivity index (χ3v) is 3.36. The molecule has 0 amide bonds. The minimum atomic E-state index is -0.00892. The molecule has 0 saturated carbocycles. The van der Waals surface area contributed by atoms with E-state index in [1.54, 1.807) is 6.20 Å². The van der Waals surface area contributed by atoms with Crippen LogP contribution in [0.5, 0.6) is 0 Å². The third-order valence-electron chi connectivity index (χ3n) is 3.36. The first-order chi connectivity index (χ1) is 8.90. The first-order valence-electron chi connectivity index (χ1n) is 6.22. The van der Waals surface area contributed by atoms with Crippen molar-refractivity contribution in [1.29, 1.82) is 0 Å². The molecule has 1 atom stereocenters. The summed E-state index contributed by atoms with van der Waals surface area (Å²) in [5, 5.41) is 0. The van der Waals surface area contributed by atoms with Gasteiger partial charge in [-0.15, -0.1) is 0 Å². The lowest BCUT2D eigenvalue weighted by Crippen LogP contribution is -2.16. The van der Waals surface area contributed by atoms with E-state index in [0.29, 0.717) is 6.54 Å². The Morgan fingerprint density at radius 1 is 1.39 bits per heavy atom. The van der Waals surface area contributed by atoms with Gasteiger partial charge in [0.15, 0.2) is 12.2 Å². The summed E-state index contributed by atoms with van der Waals surface area (Å²) in [5.74, 6) is 0.810. The second kappa shape index (κ2) is 4.92. The van der Waals surface area contributed by atoms with E-state index in [-0.39, 0.29) is 6.10 Å². The Morgan fingerprint density at radius 2 is 2.33 bits per heavy atom. The largest absolute Gasteiger partial charge is 0.444 e. The van der Waals surface area contributed by atoms with Crippen molar-refractivity contribution in [2.75, 3.05) is 13.2 Å². The van der Waals surface area contributed by atoms with E-state index in [1.165, 1.54) is 17.5 Å². The van der Waals surface area contributed by atoms with Gasteiger partial charge in [0.1, 0.15) is 0 Å². The Morgan fingerprint density at radius 3 is 3.11 bits per heavy atom. The highest BCUT2D eigenvalue weighted by Gasteiger charge is 2.21. The normalized spacial score (nSPS) is 19.3. The van der Waals surface area contributed by atoms with Crippen molar-refractivity contribution in [3.63, 3.8) is 0 Å². The lowest BCUT2D eigenvalue weighted by molar-refractivity contribution is 0.0627. The lowest BCUT2D eigenvalue weighted by atomic mass is 9.93. The molecule has 2 aromatic rings. The Kier molecular flexibility index (Phi) is 3.13. The standard InChI is InChI=1S/C14H16N2O2/c15-7-13-11-3-1-4-12(14-8-16-9-18-14)10(11)5-2-6-17-13/h1,3-4,8-9,13H,2,5-7,15H2/t13-/m1/s1. The van der Waals surface area contributed by atoms with Gasteiger partial charge in [0.2, 0.25) is 0 Å². The highest BCUT2D eigenvalue weighted by molar-refractivity contribution is 5.63. The van der Waals surface area contributed by atoms with Gasteiger partial charge in [-0.2, -0.15) is 0 Å². The number of hydrogen-bond acceptors (Lipinski definition) is 4. The minimum Gasteiger partial charge on any atom is -0.444 e. The zero-order valence-corrected chi connectivity index (χ0v) is 10.1. The van der Waals surface area contributed by atoms with Crippen molar-refractivity contribution in [2.24, 2.45) is 5.73 Å². The van der Waals surface area contributed by atoms with Crippen molar-refractivity contribution in [1.82, 2.24) is 4.98 Å². The van der Waals surface area contributed by atoms with Crippen LogP contribution < -0.4 is 5.73 Å². The molecule has 0 radical (unpaired) electrons. The monoisotopic (exact) mass is 244 g/mol. The van der Waals surface area contributed by atoms with Crippen LogP contribution in [-0.4, -0.2) is 18.1 Å². The summed E-state index contributed by atoms with van der Waals surface area (Å²) < 4.78 is 11.2. The van der Waals surface area contributed by atoms with Gasteiger partial charge >= 0.3 is 0 Å². The quantitative estimate of drug-likeness (QED) is 0.880. The van der Waals surface area contributed by atoms with Crippen molar-refractivity contribution >= 4 is 0 Å². The first kappa shape index (κ1) is 11.4. The summed E-state index contributed by atoms with van der Waals surface area (Å²) in [6, 6.07) is 6.18. The van der Waals surface area contributed by atoms with Crippen molar-refractivity contribution in [3.8, 4) is 11.3 Å². The van der Waals surface area contributed by atoms with E-state index in [0.717, 1.165) is 30.8 Å². The van der Waals surface area contributed by atoms with Crippen LogP contribution in [0.25, 0.3) is 11.3 Å². The highest BCUT2D eigenvalue weighted by atomic mass is 16.5. The van der Waals surface area contributed by atoms with Crippen molar-refractivity contribution in [3.05, 3.63) is 41.9 Å². The minimum absolute atomic E-state index is 0.00892. The molecule has 2 heterocycles. The number of ether oxygens (including phenoxy) is 1. The Bertz CT molecular complexity index is 523. The van der Waals surface area contributed by atoms with Crippen molar-refractivity contribution in [2.45, 2.75) is 18.9 Å². The van der Waals surface area contributed by atoms with Gasteiger partial charge in [0, 0.05) is 18.7 Å². The van der Waals surface area contributed by atoms with Crippen LogP contribution >= 0.6 is 0 Å². The maximum absolute atomic E-state index is 5.80. The molecule has 0 bridgehead atoms. The summed E-state index contributed by atoms with van der Waals surface area (Å²) >= 11 is 0. The molecule has 0 fully saturated rings. The number of aromatic nitrogens is 1. The number of oxazole rings is 1. The number of hydrogen-bond donors (Lipinski definition) is 1. The molecule has 1 aliphatic rings. The summed E-state index contributed by atoms with van der Waals surface area (Å²) in [5.41, 5.74) is 9.36. The van der Waals surface area contributed by atoms with Crippen LogP contribution in [0.2, 0.25) is 0 Å². The molecular formula is C14H16N2O2. The second-order valence-electron chi connectivity index (χ2n) is 4.44. The maximum Gasteiger partial charge on any atom is 0.181 e. The third kappa shape index (κ3) is 1.94. The number of fused-ring (bicyclic) bond motifs is 1. The van der Waals surface area contributed by atoms with Gasteiger partial charge in [-0.1, -0.05) is 18.2 Å². The summed E-state index contributed by atoms with van der Waals surface area (Å²) in [7, 11) is 0. The smallest absolute Gasteiger partial charge is 0.181 e. The highest BCUT2D eigenvalue weighted by Crippen LogP contribution is 2.33. The van der Waals surface area contributed by atoms with E-state index in [1.807, 2.05) is 6.07 Å². The fourth-order valence-electron chi connectivity index (χ4n) is 2.52. The van der Waals surface area contributed by atoms with E-state index < -0.39 is 0 Å². The molecule has 1 aliphatic heterocycles. The molecule has 3 rings (SSSR count). The molecule has 1 aromatic carbocycles. The molecule has 2 N–H and O–H groups in total. The summed E-state index contributed by atoms with van der Waals surface area (Å²) in [4.78, 5) is 3.99. The van der Waals surface area contributed by atoms with Crippen LogP contribution in [0.1, 0.15) is 23.7 Å². The fraction of sp³-hybridized carbons (Fsp3) is 0.357. The van der Waals surface area contributed by atoms with Gasteiger partial charge in [-0.3, -0.25) is 0 Å². The number of nitrogens with two attached hydrogens (primary N) is 1. The molecule has 4 heteroatoms.